The van der Waals surface area contributed by atoms with Gasteiger partial charge < -0.3 is 10.1 Å². The van der Waals surface area contributed by atoms with E-state index in [0.717, 1.165) is 11.4 Å². The number of anilines is 1. The molecule has 84 valence electrons. The number of ether oxygens (including phenoxy) is 1. The summed E-state index contributed by atoms with van der Waals surface area (Å²) < 4.78 is 5.11. The third-order valence-corrected chi connectivity index (χ3v) is 2.98. The summed E-state index contributed by atoms with van der Waals surface area (Å²) in [7, 11) is 1.68. The molecule has 0 heterocycles. The number of benzene rings is 1. The number of hydrogen-bond acceptors (Lipinski definition) is 2. The van der Waals surface area contributed by atoms with E-state index in [1.807, 2.05) is 12.1 Å². The van der Waals surface area contributed by atoms with E-state index in [-0.39, 0.29) is 0 Å². The van der Waals surface area contributed by atoms with Crippen molar-refractivity contribution in [3.05, 3.63) is 24.3 Å². The molecule has 2 nitrogen and oxygen atoms in total. The van der Waals surface area contributed by atoms with Gasteiger partial charge in [-0.25, -0.2) is 0 Å². The summed E-state index contributed by atoms with van der Waals surface area (Å²) in [6, 6.07) is 8.57. The van der Waals surface area contributed by atoms with Gasteiger partial charge in [-0.05, 0) is 37.1 Å². The second kappa shape index (κ2) is 5.64. The zero-order valence-electron chi connectivity index (χ0n) is 10.1. The molecule has 0 unspecified atom stereocenters. The van der Waals surface area contributed by atoms with Crippen molar-refractivity contribution in [2.75, 3.05) is 12.4 Å². The van der Waals surface area contributed by atoms with Crippen molar-refractivity contribution < 1.29 is 4.74 Å². The van der Waals surface area contributed by atoms with Crippen LogP contribution in [-0.2, 0) is 0 Å². The van der Waals surface area contributed by atoms with Gasteiger partial charge in [0.05, 0.1) is 7.11 Å². The Morgan fingerprint density at radius 3 is 2.27 bits per heavy atom. The van der Waals surface area contributed by atoms with E-state index in [0.29, 0.717) is 12.0 Å². The SMILES string of the molecule is CC[C@H](C)[C@@H](C)Nc1ccc(OC)cc1. The fraction of sp³-hybridized carbons (Fsp3) is 0.538. The molecule has 1 aromatic carbocycles. The van der Waals surface area contributed by atoms with Crippen LogP contribution in [0.2, 0.25) is 0 Å². The molecular formula is C13H21NO. The monoisotopic (exact) mass is 207 g/mol. The maximum Gasteiger partial charge on any atom is 0.119 e. The summed E-state index contributed by atoms with van der Waals surface area (Å²) in [6.07, 6.45) is 1.20. The Labute approximate surface area is 92.6 Å². The van der Waals surface area contributed by atoms with Gasteiger partial charge in [-0.2, -0.15) is 0 Å². The summed E-state index contributed by atoms with van der Waals surface area (Å²) in [5, 5.41) is 3.49. The third kappa shape index (κ3) is 3.46. The first-order valence-corrected chi connectivity index (χ1v) is 5.58. The molecule has 0 saturated carbocycles. The van der Waals surface area contributed by atoms with Crippen molar-refractivity contribution in [3.8, 4) is 5.75 Å². The number of nitrogens with one attached hydrogen (secondary N) is 1. The summed E-state index contributed by atoms with van der Waals surface area (Å²) in [5.74, 6) is 1.59. The van der Waals surface area contributed by atoms with Crippen molar-refractivity contribution in [1.29, 1.82) is 0 Å². The topological polar surface area (TPSA) is 21.3 Å². The van der Waals surface area contributed by atoms with Crippen LogP contribution >= 0.6 is 0 Å². The Hall–Kier alpha value is -1.18. The standard InChI is InChI=1S/C13H21NO/c1-5-10(2)11(3)14-12-6-8-13(15-4)9-7-12/h6-11,14H,5H2,1-4H3/t10-,11+/m0/s1. The van der Waals surface area contributed by atoms with Crippen molar-refractivity contribution in [2.45, 2.75) is 33.2 Å². The van der Waals surface area contributed by atoms with Crippen LogP contribution < -0.4 is 10.1 Å². The van der Waals surface area contributed by atoms with E-state index in [4.69, 9.17) is 4.74 Å². The normalized spacial score (nSPS) is 14.4. The minimum atomic E-state index is 0.503. The molecule has 0 saturated heterocycles. The Bertz CT molecular complexity index is 281. The lowest BCUT2D eigenvalue weighted by Gasteiger charge is -2.21. The highest BCUT2D eigenvalue weighted by Crippen LogP contribution is 2.18. The molecule has 0 aliphatic rings. The van der Waals surface area contributed by atoms with Crippen molar-refractivity contribution in [3.63, 3.8) is 0 Å². The predicted octanol–water partition coefficient (Wildman–Crippen LogP) is 3.54. The van der Waals surface area contributed by atoms with Gasteiger partial charge in [-0.15, -0.1) is 0 Å². The fourth-order valence-corrected chi connectivity index (χ4v) is 1.45. The number of hydrogen-bond donors (Lipinski definition) is 1. The second-order valence-electron chi connectivity index (χ2n) is 4.05. The molecular weight excluding hydrogens is 186 g/mol. The van der Waals surface area contributed by atoms with Crippen LogP contribution in [0.4, 0.5) is 5.69 Å². The van der Waals surface area contributed by atoms with Gasteiger partial charge in [0.25, 0.3) is 0 Å². The third-order valence-electron chi connectivity index (χ3n) is 2.98. The average molecular weight is 207 g/mol. The molecule has 1 aromatic rings. The molecule has 1 N–H and O–H groups in total. The van der Waals surface area contributed by atoms with Gasteiger partial charge in [0, 0.05) is 11.7 Å². The fourth-order valence-electron chi connectivity index (χ4n) is 1.45. The zero-order valence-corrected chi connectivity index (χ0v) is 10.1. The zero-order chi connectivity index (χ0) is 11.3. The molecule has 0 aromatic heterocycles. The number of methoxy groups -OCH3 is 1. The lowest BCUT2D eigenvalue weighted by molar-refractivity contribution is 0.415. The van der Waals surface area contributed by atoms with E-state index < -0.39 is 0 Å². The van der Waals surface area contributed by atoms with Crippen LogP contribution in [0.1, 0.15) is 27.2 Å². The molecule has 1 rings (SSSR count). The minimum absolute atomic E-state index is 0.503. The summed E-state index contributed by atoms with van der Waals surface area (Å²) in [6.45, 7) is 6.70. The van der Waals surface area contributed by atoms with Crippen molar-refractivity contribution in [1.82, 2.24) is 0 Å². The van der Waals surface area contributed by atoms with Crippen LogP contribution in [0.15, 0.2) is 24.3 Å². The van der Waals surface area contributed by atoms with Gasteiger partial charge in [0.15, 0.2) is 0 Å². The minimum Gasteiger partial charge on any atom is -0.497 e. The molecule has 0 aliphatic carbocycles. The Morgan fingerprint density at radius 1 is 1.20 bits per heavy atom. The first-order chi connectivity index (χ1) is 7.17. The summed E-state index contributed by atoms with van der Waals surface area (Å²) >= 11 is 0. The largest absolute Gasteiger partial charge is 0.497 e. The Morgan fingerprint density at radius 2 is 1.80 bits per heavy atom. The lowest BCUT2D eigenvalue weighted by atomic mass is 10.0. The molecule has 0 spiro atoms. The molecule has 0 aliphatic heterocycles. The second-order valence-corrected chi connectivity index (χ2v) is 4.05. The Balaban J connectivity index is 2.57. The van der Waals surface area contributed by atoms with Crippen molar-refractivity contribution >= 4 is 5.69 Å². The van der Waals surface area contributed by atoms with E-state index in [2.05, 4.69) is 38.2 Å². The van der Waals surface area contributed by atoms with E-state index in [1.165, 1.54) is 6.42 Å². The number of rotatable bonds is 5. The molecule has 0 fully saturated rings. The highest BCUT2D eigenvalue weighted by molar-refractivity contribution is 5.47. The van der Waals surface area contributed by atoms with Gasteiger partial charge in [0.2, 0.25) is 0 Å². The van der Waals surface area contributed by atoms with Gasteiger partial charge in [-0.3, -0.25) is 0 Å². The van der Waals surface area contributed by atoms with Gasteiger partial charge >= 0.3 is 0 Å². The van der Waals surface area contributed by atoms with Crippen LogP contribution in [0.25, 0.3) is 0 Å². The van der Waals surface area contributed by atoms with E-state index in [9.17, 15) is 0 Å². The highest BCUT2D eigenvalue weighted by Gasteiger charge is 2.09. The quantitative estimate of drug-likeness (QED) is 0.797. The average Bonchev–Trinajstić information content (AvgIpc) is 2.29. The molecule has 0 amide bonds. The van der Waals surface area contributed by atoms with E-state index in [1.54, 1.807) is 7.11 Å². The summed E-state index contributed by atoms with van der Waals surface area (Å²) in [4.78, 5) is 0. The summed E-state index contributed by atoms with van der Waals surface area (Å²) in [5.41, 5.74) is 1.16. The van der Waals surface area contributed by atoms with Crippen LogP contribution in [0.3, 0.4) is 0 Å². The molecule has 2 heteroatoms. The molecule has 0 bridgehead atoms. The maximum absolute atomic E-state index is 5.11. The first-order valence-electron chi connectivity index (χ1n) is 5.58. The Kier molecular flexibility index (Phi) is 4.47. The van der Waals surface area contributed by atoms with Crippen molar-refractivity contribution in [2.24, 2.45) is 5.92 Å². The highest BCUT2D eigenvalue weighted by atomic mass is 16.5. The van der Waals surface area contributed by atoms with E-state index >= 15 is 0 Å². The van der Waals surface area contributed by atoms with Crippen LogP contribution in [0, 0.1) is 5.92 Å². The first kappa shape index (κ1) is 11.9. The molecule has 0 radical (unpaired) electrons. The van der Waals surface area contributed by atoms with Gasteiger partial charge in [-0.1, -0.05) is 20.3 Å². The predicted molar refractivity (Wildman–Crippen MR) is 65.5 cm³/mol. The van der Waals surface area contributed by atoms with Crippen LogP contribution in [-0.4, -0.2) is 13.2 Å². The maximum atomic E-state index is 5.11. The van der Waals surface area contributed by atoms with Crippen LogP contribution in [0.5, 0.6) is 5.75 Å². The molecule has 2 atom stereocenters. The molecule has 15 heavy (non-hydrogen) atoms. The lowest BCUT2D eigenvalue weighted by Crippen LogP contribution is -2.23. The van der Waals surface area contributed by atoms with Gasteiger partial charge in [0.1, 0.15) is 5.75 Å². The smallest absolute Gasteiger partial charge is 0.119 e.